The maximum atomic E-state index is 9.26. The third-order valence-electron chi connectivity index (χ3n) is 3.46. The van der Waals surface area contributed by atoms with Crippen LogP contribution in [0.5, 0.6) is 0 Å². The zero-order valence-corrected chi connectivity index (χ0v) is 10.8. The van der Waals surface area contributed by atoms with E-state index in [9.17, 15) is 5.26 Å². The molecule has 1 aliphatic rings. The van der Waals surface area contributed by atoms with Gasteiger partial charge in [0.15, 0.2) is 5.82 Å². The topological polar surface area (TPSA) is 52.0 Å². The predicted molar refractivity (Wildman–Crippen MR) is 75.5 cm³/mol. The summed E-state index contributed by atoms with van der Waals surface area (Å²) in [5.41, 5.74) is 4.81. The van der Waals surface area contributed by atoms with Crippen molar-refractivity contribution in [3.8, 4) is 6.07 Å². The first kappa shape index (κ1) is 11.9. The first-order valence-corrected chi connectivity index (χ1v) is 6.68. The Balaban J connectivity index is 1.94. The fourth-order valence-corrected chi connectivity index (χ4v) is 2.44. The quantitative estimate of drug-likeness (QED) is 0.892. The highest BCUT2D eigenvalue weighted by Crippen LogP contribution is 2.21. The molecule has 0 atom stereocenters. The number of nitriles is 1. The summed E-state index contributed by atoms with van der Waals surface area (Å²) in [7, 11) is 0. The van der Waals surface area contributed by atoms with Crippen LogP contribution >= 0.6 is 0 Å². The number of benzene rings is 1. The molecule has 0 saturated carbocycles. The molecule has 1 aliphatic heterocycles. The Morgan fingerprint density at radius 2 is 1.95 bits per heavy atom. The molecule has 0 amide bonds. The first-order chi connectivity index (χ1) is 9.36. The van der Waals surface area contributed by atoms with Gasteiger partial charge < -0.3 is 5.43 Å². The minimum Gasteiger partial charge on any atom is -0.302 e. The standard InChI is InChI=1S/C15H16N4/c16-11-13-10-12-6-2-3-7-14(12)17-15(13)18-19-8-4-1-5-9-19/h2-3,6-7,10H,1,4-5,8-9H2,(H,17,18). The highest BCUT2D eigenvalue weighted by Gasteiger charge is 2.13. The summed E-state index contributed by atoms with van der Waals surface area (Å²) >= 11 is 0. The lowest BCUT2D eigenvalue weighted by molar-refractivity contribution is 0.272. The van der Waals surface area contributed by atoms with E-state index in [-0.39, 0.29) is 0 Å². The van der Waals surface area contributed by atoms with Gasteiger partial charge in [0.25, 0.3) is 0 Å². The number of hydrazine groups is 1. The molecule has 4 nitrogen and oxygen atoms in total. The molecule has 19 heavy (non-hydrogen) atoms. The molecule has 1 fully saturated rings. The minimum absolute atomic E-state index is 0.601. The van der Waals surface area contributed by atoms with Crippen molar-refractivity contribution in [1.29, 1.82) is 5.26 Å². The average molecular weight is 252 g/mol. The number of aromatic nitrogens is 1. The molecular formula is C15H16N4. The summed E-state index contributed by atoms with van der Waals surface area (Å²) < 4.78 is 0. The van der Waals surface area contributed by atoms with Crippen LogP contribution in [0.25, 0.3) is 10.9 Å². The van der Waals surface area contributed by atoms with Gasteiger partial charge in [0.05, 0.1) is 11.1 Å². The van der Waals surface area contributed by atoms with E-state index in [0.717, 1.165) is 24.0 Å². The van der Waals surface area contributed by atoms with Gasteiger partial charge in [-0.15, -0.1) is 0 Å². The van der Waals surface area contributed by atoms with Gasteiger partial charge in [-0.2, -0.15) is 5.26 Å². The third-order valence-corrected chi connectivity index (χ3v) is 3.46. The van der Waals surface area contributed by atoms with Crippen molar-refractivity contribution in [2.75, 3.05) is 18.5 Å². The van der Waals surface area contributed by atoms with Crippen LogP contribution in [0.3, 0.4) is 0 Å². The van der Waals surface area contributed by atoms with Crippen LogP contribution < -0.4 is 5.43 Å². The number of nitrogens with zero attached hydrogens (tertiary/aromatic N) is 3. The van der Waals surface area contributed by atoms with Crippen LogP contribution in [-0.4, -0.2) is 23.1 Å². The van der Waals surface area contributed by atoms with Crippen LogP contribution in [0.2, 0.25) is 0 Å². The van der Waals surface area contributed by atoms with E-state index in [1.807, 2.05) is 30.3 Å². The van der Waals surface area contributed by atoms with E-state index in [2.05, 4.69) is 21.5 Å². The van der Waals surface area contributed by atoms with Crippen molar-refractivity contribution in [2.24, 2.45) is 0 Å². The molecule has 2 heterocycles. The van der Waals surface area contributed by atoms with Crippen molar-refractivity contribution < 1.29 is 0 Å². The van der Waals surface area contributed by atoms with Crippen LogP contribution in [0.15, 0.2) is 30.3 Å². The summed E-state index contributed by atoms with van der Waals surface area (Å²) in [4.78, 5) is 4.56. The van der Waals surface area contributed by atoms with Crippen molar-refractivity contribution in [3.63, 3.8) is 0 Å². The van der Waals surface area contributed by atoms with Crippen molar-refractivity contribution >= 4 is 16.7 Å². The molecule has 0 bridgehead atoms. The van der Waals surface area contributed by atoms with Gasteiger partial charge in [-0.05, 0) is 25.0 Å². The molecule has 1 aromatic carbocycles. The summed E-state index contributed by atoms with van der Waals surface area (Å²) in [6.45, 7) is 2.03. The lowest BCUT2D eigenvalue weighted by Gasteiger charge is -2.27. The summed E-state index contributed by atoms with van der Waals surface area (Å²) in [6, 6.07) is 12.0. The molecule has 0 radical (unpaired) electrons. The monoisotopic (exact) mass is 252 g/mol. The number of hydrogen-bond acceptors (Lipinski definition) is 4. The molecule has 1 N–H and O–H groups in total. The van der Waals surface area contributed by atoms with E-state index in [1.165, 1.54) is 19.3 Å². The molecule has 0 unspecified atom stereocenters. The average Bonchev–Trinajstić information content (AvgIpc) is 2.47. The highest BCUT2D eigenvalue weighted by atomic mass is 15.5. The number of fused-ring (bicyclic) bond motifs is 1. The number of para-hydroxylation sites is 1. The minimum atomic E-state index is 0.601. The van der Waals surface area contributed by atoms with Crippen LogP contribution in [0.1, 0.15) is 24.8 Å². The second-order valence-corrected chi connectivity index (χ2v) is 4.85. The van der Waals surface area contributed by atoms with E-state index in [0.29, 0.717) is 11.4 Å². The van der Waals surface area contributed by atoms with E-state index in [1.54, 1.807) is 0 Å². The number of piperidine rings is 1. The fourth-order valence-electron chi connectivity index (χ4n) is 2.44. The molecule has 3 rings (SSSR count). The Morgan fingerprint density at radius 3 is 2.74 bits per heavy atom. The van der Waals surface area contributed by atoms with Gasteiger partial charge in [-0.3, -0.25) is 0 Å². The Morgan fingerprint density at radius 1 is 1.16 bits per heavy atom. The molecule has 96 valence electrons. The second-order valence-electron chi connectivity index (χ2n) is 4.85. The Kier molecular flexibility index (Phi) is 3.30. The van der Waals surface area contributed by atoms with E-state index in [4.69, 9.17) is 0 Å². The zero-order chi connectivity index (χ0) is 13.1. The largest absolute Gasteiger partial charge is 0.302 e. The predicted octanol–water partition coefficient (Wildman–Crippen LogP) is 2.92. The normalized spacial score (nSPS) is 16.2. The Labute approximate surface area is 112 Å². The molecule has 4 heteroatoms. The highest BCUT2D eigenvalue weighted by molar-refractivity contribution is 5.82. The Bertz CT molecular complexity index is 624. The number of hydrogen-bond donors (Lipinski definition) is 1. The first-order valence-electron chi connectivity index (χ1n) is 6.68. The third kappa shape index (κ3) is 2.51. The zero-order valence-electron chi connectivity index (χ0n) is 10.8. The molecule has 1 aromatic heterocycles. The van der Waals surface area contributed by atoms with Gasteiger partial charge in [-0.1, -0.05) is 24.6 Å². The smallest absolute Gasteiger partial charge is 0.159 e. The molecular weight excluding hydrogens is 236 g/mol. The summed E-state index contributed by atoms with van der Waals surface area (Å²) in [6.07, 6.45) is 3.68. The fraction of sp³-hybridized carbons (Fsp3) is 0.333. The van der Waals surface area contributed by atoms with Gasteiger partial charge in [0.1, 0.15) is 6.07 Å². The maximum absolute atomic E-state index is 9.26. The molecule has 0 aliphatic carbocycles. The Hall–Kier alpha value is -2.12. The number of rotatable bonds is 2. The lowest BCUT2D eigenvalue weighted by atomic mass is 10.1. The summed E-state index contributed by atoms with van der Waals surface area (Å²) in [5, 5.41) is 12.4. The maximum Gasteiger partial charge on any atom is 0.159 e. The van der Waals surface area contributed by atoms with Crippen LogP contribution in [-0.2, 0) is 0 Å². The van der Waals surface area contributed by atoms with Gasteiger partial charge in [0.2, 0.25) is 0 Å². The lowest BCUT2D eigenvalue weighted by Crippen LogP contribution is -2.35. The van der Waals surface area contributed by atoms with E-state index < -0.39 is 0 Å². The molecule has 2 aromatic rings. The molecule has 1 saturated heterocycles. The number of nitrogens with one attached hydrogen (secondary N) is 1. The van der Waals surface area contributed by atoms with Crippen molar-refractivity contribution in [1.82, 2.24) is 9.99 Å². The van der Waals surface area contributed by atoms with Crippen molar-refractivity contribution in [2.45, 2.75) is 19.3 Å². The van der Waals surface area contributed by atoms with Gasteiger partial charge in [-0.25, -0.2) is 9.99 Å². The number of pyridine rings is 1. The second kappa shape index (κ2) is 5.25. The SMILES string of the molecule is N#Cc1cc2ccccc2nc1NN1CCCCC1. The van der Waals surface area contributed by atoms with E-state index >= 15 is 0 Å². The van der Waals surface area contributed by atoms with Crippen LogP contribution in [0.4, 0.5) is 5.82 Å². The van der Waals surface area contributed by atoms with Gasteiger partial charge >= 0.3 is 0 Å². The summed E-state index contributed by atoms with van der Waals surface area (Å²) in [5.74, 6) is 0.670. The van der Waals surface area contributed by atoms with Crippen molar-refractivity contribution in [3.05, 3.63) is 35.9 Å². The number of anilines is 1. The molecule has 0 spiro atoms. The van der Waals surface area contributed by atoms with Gasteiger partial charge in [0, 0.05) is 18.5 Å². The van der Waals surface area contributed by atoms with Crippen LogP contribution in [0, 0.1) is 11.3 Å².